The summed E-state index contributed by atoms with van der Waals surface area (Å²) in [6.45, 7) is 6.80. The second kappa shape index (κ2) is 7.54. The smallest absolute Gasteiger partial charge is 0.270 e. The number of carbonyl (C=O) groups excluding carboxylic acids is 1. The van der Waals surface area contributed by atoms with Gasteiger partial charge in [-0.25, -0.2) is 9.97 Å². The van der Waals surface area contributed by atoms with E-state index in [2.05, 4.69) is 33.6 Å². The predicted octanol–water partition coefficient (Wildman–Crippen LogP) is 3.37. The van der Waals surface area contributed by atoms with Gasteiger partial charge in [0.1, 0.15) is 5.69 Å². The Balaban J connectivity index is 2.11. The van der Waals surface area contributed by atoms with Crippen LogP contribution >= 0.6 is 0 Å². The molecule has 0 unspecified atom stereocenters. The number of hydrogen-bond donors (Lipinski definition) is 2. The van der Waals surface area contributed by atoms with Crippen LogP contribution in [-0.2, 0) is 0 Å². The molecule has 2 aromatic rings. The minimum atomic E-state index is -0.167. The fourth-order valence-electron chi connectivity index (χ4n) is 2.01. The third-order valence-electron chi connectivity index (χ3n) is 3.34. The molecule has 0 saturated carbocycles. The molecule has 2 N–H and O–H groups in total. The van der Waals surface area contributed by atoms with Crippen LogP contribution in [0.1, 0.15) is 41.4 Å². The fraction of sp³-hybridized carbons (Fsp3) is 0.353. The average molecular weight is 298 g/mol. The van der Waals surface area contributed by atoms with Gasteiger partial charge in [-0.3, -0.25) is 4.79 Å². The molecule has 0 atom stereocenters. The third-order valence-corrected chi connectivity index (χ3v) is 3.34. The number of nitrogens with zero attached hydrogens (tertiary/aromatic N) is 2. The summed E-state index contributed by atoms with van der Waals surface area (Å²) in [5.74, 6) is 0.261. The molecule has 0 radical (unpaired) electrons. The van der Waals surface area contributed by atoms with Crippen LogP contribution in [0.5, 0.6) is 0 Å². The van der Waals surface area contributed by atoms with Gasteiger partial charge in [0, 0.05) is 18.4 Å². The van der Waals surface area contributed by atoms with E-state index < -0.39 is 0 Å². The van der Waals surface area contributed by atoms with Gasteiger partial charge in [-0.2, -0.15) is 0 Å². The van der Waals surface area contributed by atoms with Crippen molar-refractivity contribution in [3.8, 4) is 0 Å². The number of rotatable bonds is 6. The van der Waals surface area contributed by atoms with Crippen LogP contribution in [0.2, 0.25) is 0 Å². The van der Waals surface area contributed by atoms with Crippen LogP contribution < -0.4 is 10.6 Å². The summed E-state index contributed by atoms with van der Waals surface area (Å²) in [4.78, 5) is 20.5. The summed E-state index contributed by atoms with van der Waals surface area (Å²) in [7, 11) is 0. The maximum Gasteiger partial charge on any atom is 0.270 e. The van der Waals surface area contributed by atoms with Gasteiger partial charge in [0.15, 0.2) is 0 Å². The number of unbranched alkanes of at least 4 members (excludes halogenated alkanes) is 1. The first kappa shape index (κ1) is 15.9. The monoisotopic (exact) mass is 298 g/mol. The first-order valence-electron chi connectivity index (χ1n) is 7.55. The van der Waals surface area contributed by atoms with Crippen molar-refractivity contribution in [3.05, 3.63) is 47.3 Å². The van der Waals surface area contributed by atoms with Crippen molar-refractivity contribution in [1.82, 2.24) is 15.3 Å². The maximum atomic E-state index is 12.0. The highest BCUT2D eigenvalue weighted by Gasteiger charge is 2.09. The molecule has 1 heterocycles. The molecule has 22 heavy (non-hydrogen) atoms. The van der Waals surface area contributed by atoms with Crippen molar-refractivity contribution < 1.29 is 4.79 Å². The number of aryl methyl sites for hydroxylation is 2. The van der Waals surface area contributed by atoms with E-state index in [1.165, 1.54) is 0 Å². The summed E-state index contributed by atoms with van der Waals surface area (Å²) >= 11 is 0. The Bertz CT molecular complexity index is 655. The topological polar surface area (TPSA) is 66.9 Å². The third kappa shape index (κ3) is 4.28. The lowest BCUT2D eigenvalue weighted by Gasteiger charge is -2.10. The SMILES string of the molecule is CCCCNC(=O)c1ccnc(Nc2cc(C)ccc2C)n1. The first-order chi connectivity index (χ1) is 10.6. The summed E-state index contributed by atoms with van der Waals surface area (Å²) in [6.07, 6.45) is 3.60. The summed E-state index contributed by atoms with van der Waals surface area (Å²) in [5, 5.41) is 6.03. The van der Waals surface area contributed by atoms with Gasteiger partial charge in [-0.05, 0) is 43.5 Å². The van der Waals surface area contributed by atoms with Crippen molar-refractivity contribution in [2.75, 3.05) is 11.9 Å². The molecule has 5 heteroatoms. The van der Waals surface area contributed by atoms with Gasteiger partial charge in [0.25, 0.3) is 5.91 Å². The van der Waals surface area contributed by atoms with E-state index in [4.69, 9.17) is 0 Å². The van der Waals surface area contributed by atoms with Crippen molar-refractivity contribution in [2.45, 2.75) is 33.6 Å². The second-order valence-corrected chi connectivity index (χ2v) is 5.32. The van der Waals surface area contributed by atoms with Crippen LogP contribution in [0, 0.1) is 13.8 Å². The largest absolute Gasteiger partial charge is 0.351 e. The van der Waals surface area contributed by atoms with Crippen LogP contribution in [-0.4, -0.2) is 22.4 Å². The number of anilines is 2. The van der Waals surface area contributed by atoms with Crippen molar-refractivity contribution >= 4 is 17.5 Å². The number of carbonyl (C=O) groups is 1. The minimum absolute atomic E-state index is 0.167. The lowest BCUT2D eigenvalue weighted by atomic mass is 10.1. The zero-order valence-corrected chi connectivity index (χ0v) is 13.3. The molecule has 1 amide bonds. The van der Waals surface area contributed by atoms with E-state index in [0.717, 1.165) is 29.7 Å². The Morgan fingerprint density at radius 2 is 2.05 bits per heavy atom. The van der Waals surface area contributed by atoms with Crippen LogP contribution in [0.15, 0.2) is 30.5 Å². The number of aromatic nitrogens is 2. The van der Waals surface area contributed by atoms with E-state index in [0.29, 0.717) is 18.2 Å². The lowest BCUT2D eigenvalue weighted by molar-refractivity contribution is 0.0948. The van der Waals surface area contributed by atoms with Crippen LogP contribution in [0.3, 0.4) is 0 Å². The Kier molecular flexibility index (Phi) is 5.47. The summed E-state index contributed by atoms with van der Waals surface area (Å²) in [6, 6.07) is 7.75. The highest BCUT2D eigenvalue weighted by atomic mass is 16.1. The van der Waals surface area contributed by atoms with Crippen LogP contribution in [0.4, 0.5) is 11.6 Å². The Labute approximate surface area is 131 Å². The Morgan fingerprint density at radius 3 is 2.82 bits per heavy atom. The average Bonchev–Trinajstić information content (AvgIpc) is 2.51. The number of amides is 1. The van der Waals surface area contributed by atoms with Gasteiger partial charge in [-0.15, -0.1) is 0 Å². The van der Waals surface area contributed by atoms with E-state index in [-0.39, 0.29) is 5.91 Å². The zero-order valence-electron chi connectivity index (χ0n) is 13.3. The van der Waals surface area contributed by atoms with Crippen molar-refractivity contribution in [3.63, 3.8) is 0 Å². The highest BCUT2D eigenvalue weighted by molar-refractivity contribution is 5.92. The van der Waals surface area contributed by atoms with E-state index >= 15 is 0 Å². The molecule has 0 aliphatic heterocycles. The van der Waals surface area contributed by atoms with E-state index in [1.54, 1.807) is 12.3 Å². The molecular formula is C17H22N4O. The Hall–Kier alpha value is -2.43. The number of nitrogens with one attached hydrogen (secondary N) is 2. The number of hydrogen-bond acceptors (Lipinski definition) is 4. The molecule has 0 aliphatic rings. The predicted molar refractivity (Wildman–Crippen MR) is 88.5 cm³/mol. The molecule has 1 aromatic carbocycles. The standard InChI is InChI=1S/C17H22N4O/c1-4-5-9-18-16(22)14-8-10-19-17(20-14)21-15-11-12(2)6-7-13(15)3/h6-8,10-11H,4-5,9H2,1-3H3,(H,18,22)(H,19,20,21). The first-order valence-corrected chi connectivity index (χ1v) is 7.55. The molecule has 0 aliphatic carbocycles. The maximum absolute atomic E-state index is 12.0. The number of benzene rings is 1. The molecule has 5 nitrogen and oxygen atoms in total. The van der Waals surface area contributed by atoms with Crippen LogP contribution in [0.25, 0.3) is 0 Å². The van der Waals surface area contributed by atoms with Gasteiger partial charge in [-0.1, -0.05) is 25.5 Å². The van der Waals surface area contributed by atoms with E-state index in [9.17, 15) is 4.79 Å². The normalized spacial score (nSPS) is 10.3. The Morgan fingerprint density at radius 1 is 1.23 bits per heavy atom. The molecule has 116 valence electrons. The van der Waals surface area contributed by atoms with E-state index in [1.807, 2.05) is 26.0 Å². The quantitative estimate of drug-likeness (QED) is 0.802. The molecular weight excluding hydrogens is 276 g/mol. The second-order valence-electron chi connectivity index (χ2n) is 5.32. The summed E-state index contributed by atoms with van der Waals surface area (Å²) < 4.78 is 0. The van der Waals surface area contributed by atoms with Gasteiger partial charge in [0.05, 0.1) is 0 Å². The van der Waals surface area contributed by atoms with Gasteiger partial charge < -0.3 is 10.6 Å². The molecule has 0 spiro atoms. The van der Waals surface area contributed by atoms with Gasteiger partial charge in [0.2, 0.25) is 5.95 Å². The molecule has 2 rings (SSSR count). The highest BCUT2D eigenvalue weighted by Crippen LogP contribution is 2.19. The molecule has 0 fully saturated rings. The fourth-order valence-corrected chi connectivity index (χ4v) is 2.01. The summed E-state index contributed by atoms with van der Waals surface area (Å²) in [5.41, 5.74) is 3.58. The zero-order chi connectivity index (χ0) is 15.9. The minimum Gasteiger partial charge on any atom is -0.351 e. The van der Waals surface area contributed by atoms with Crippen molar-refractivity contribution in [1.29, 1.82) is 0 Å². The molecule has 0 bridgehead atoms. The molecule has 1 aromatic heterocycles. The van der Waals surface area contributed by atoms with Gasteiger partial charge >= 0.3 is 0 Å². The van der Waals surface area contributed by atoms with Crippen molar-refractivity contribution in [2.24, 2.45) is 0 Å². The molecule has 0 saturated heterocycles. The lowest BCUT2D eigenvalue weighted by Crippen LogP contribution is -2.25.